The van der Waals surface area contributed by atoms with Gasteiger partial charge in [0.1, 0.15) is 11.5 Å². The van der Waals surface area contributed by atoms with Crippen molar-refractivity contribution in [1.29, 1.82) is 0 Å². The van der Waals surface area contributed by atoms with Crippen LogP contribution in [0.3, 0.4) is 0 Å². The van der Waals surface area contributed by atoms with E-state index < -0.39 is 0 Å². The number of rotatable bonds is 2. The molecule has 0 saturated carbocycles. The van der Waals surface area contributed by atoms with Crippen LogP contribution in [0.1, 0.15) is 36.5 Å². The molecule has 4 N–H and O–H groups in total. The summed E-state index contributed by atoms with van der Waals surface area (Å²) in [7, 11) is 0. The summed E-state index contributed by atoms with van der Waals surface area (Å²) in [5, 5.41) is 19.2. The minimum absolute atomic E-state index is 0.0111. The number of aromatic hydroxyl groups is 2. The van der Waals surface area contributed by atoms with Crippen molar-refractivity contribution in [1.82, 2.24) is 4.90 Å². The zero-order chi connectivity index (χ0) is 14.0. The quantitative estimate of drug-likeness (QED) is 0.705. The molecule has 1 amide bonds. The number of nitrogens with two attached hydrogens (primary N) is 1. The summed E-state index contributed by atoms with van der Waals surface area (Å²) in [6.45, 7) is 2.53. The van der Waals surface area contributed by atoms with Gasteiger partial charge in [-0.1, -0.05) is 0 Å². The molecule has 1 aromatic rings. The topological polar surface area (TPSA) is 86.8 Å². The predicted molar refractivity (Wildman–Crippen MR) is 72.1 cm³/mol. The van der Waals surface area contributed by atoms with Gasteiger partial charge in [-0.15, -0.1) is 0 Å². The maximum Gasteiger partial charge on any atom is 0.258 e. The molecule has 0 bridgehead atoms. The lowest BCUT2D eigenvalue weighted by molar-refractivity contribution is 0.0580. The van der Waals surface area contributed by atoms with Gasteiger partial charge in [-0.3, -0.25) is 4.79 Å². The third kappa shape index (κ3) is 2.81. The Hall–Kier alpha value is -1.75. The van der Waals surface area contributed by atoms with Crippen LogP contribution in [0, 0.1) is 0 Å². The molecule has 1 saturated heterocycles. The van der Waals surface area contributed by atoms with Gasteiger partial charge in [0.2, 0.25) is 0 Å². The molecule has 0 aliphatic carbocycles. The molecule has 0 spiro atoms. The Morgan fingerprint density at radius 3 is 2.84 bits per heavy atom. The Morgan fingerprint density at radius 1 is 1.42 bits per heavy atom. The zero-order valence-corrected chi connectivity index (χ0v) is 11.0. The summed E-state index contributed by atoms with van der Waals surface area (Å²) in [6, 6.07) is 3.86. The van der Waals surface area contributed by atoms with Crippen LogP contribution in [0.5, 0.6) is 11.5 Å². The average molecular weight is 264 g/mol. The lowest BCUT2D eigenvalue weighted by Gasteiger charge is -2.38. The van der Waals surface area contributed by atoms with Gasteiger partial charge in [0.25, 0.3) is 5.91 Å². The first-order chi connectivity index (χ1) is 9.00. The fourth-order valence-electron chi connectivity index (χ4n) is 2.61. The van der Waals surface area contributed by atoms with E-state index in [9.17, 15) is 15.0 Å². The number of benzene rings is 1. The van der Waals surface area contributed by atoms with Crippen LogP contribution in [0.4, 0.5) is 0 Å². The van der Waals surface area contributed by atoms with Crippen molar-refractivity contribution in [2.24, 2.45) is 5.73 Å². The third-order valence-corrected chi connectivity index (χ3v) is 3.63. The fourth-order valence-corrected chi connectivity index (χ4v) is 2.61. The SMILES string of the molecule is CC(N)C1CCCCN1C(=O)c1cc(O)ccc1O. The smallest absolute Gasteiger partial charge is 0.258 e. The molecule has 2 unspecified atom stereocenters. The Balaban J connectivity index is 2.28. The standard InChI is InChI=1S/C14H20N2O3/c1-9(15)12-4-2-3-7-16(12)14(19)11-8-10(17)5-6-13(11)18/h5-6,8-9,12,17-18H,2-4,7,15H2,1H3. The highest BCUT2D eigenvalue weighted by Crippen LogP contribution is 2.27. The molecule has 0 radical (unpaired) electrons. The Labute approximate surface area is 112 Å². The minimum atomic E-state index is -0.268. The van der Waals surface area contributed by atoms with Gasteiger partial charge in [-0.25, -0.2) is 0 Å². The first-order valence-electron chi connectivity index (χ1n) is 6.59. The van der Waals surface area contributed by atoms with Crippen molar-refractivity contribution in [3.05, 3.63) is 23.8 Å². The fraction of sp³-hybridized carbons (Fsp3) is 0.500. The van der Waals surface area contributed by atoms with E-state index in [1.54, 1.807) is 4.90 Å². The van der Waals surface area contributed by atoms with Crippen molar-refractivity contribution in [3.8, 4) is 11.5 Å². The van der Waals surface area contributed by atoms with Crippen molar-refractivity contribution < 1.29 is 15.0 Å². The van der Waals surface area contributed by atoms with Crippen molar-refractivity contribution >= 4 is 5.91 Å². The molecule has 19 heavy (non-hydrogen) atoms. The lowest BCUT2D eigenvalue weighted by atomic mass is 9.96. The number of piperidine rings is 1. The number of carbonyl (C=O) groups excluding carboxylic acids is 1. The largest absolute Gasteiger partial charge is 0.508 e. The summed E-state index contributed by atoms with van der Waals surface area (Å²) >= 11 is 0. The number of carbonyl (C=O) groups is 1. The average Bonchev–Trinajstić information content (AvgIpc) is 2.40. The summed E-state index contributed by atoms with van der Waals surface area (Å²) in [5.74, 6) is -0.414. The van der Waals surface area contributed by atoms with Crippen molar-refractivity contribution in [2.75, 3.05) is 6.54 Å². The van der Waals surface area contributed by atoms with Crippen LogP contribution in [-0.4, -0.2) is 39.6 Å². The number of hydrogen-bond donors (Lipinski definition) is 3. The summed E-state index contributed by atoms with van der Waals surface area (Å²) in [5.41, 5.74) is 6.07. The van der Waals surface area contributed by atoms with E-state index in [4.69, 9.17) is 5.73 Å². The summed E-state index contributed by atoms with van der Waals surface area (Å²) < 4.78 is 0. The van der Waals surface area contributed by atoms with Gasteiger partial charge in [-0.2, -0.15) is 0 Å². The van der Waals surface area contributed by atoms with E-state index in [0.29, 0.717) is 6.54 Å². The van der Waals surface area contributed by atoms with Crippen molar-refractivity contribution in [3.63, 3.8) is 0 Å². The second kappa shape index (κ2) is 5.48. The maximum absolute atomic E-state index is 12.5. The number of phenolic OH excluding ortho intramolecular Hbond substituents is 2. The first kappa shape index (κ1) is 13.7. The van der Waals surface area contributed by atoms with E-state index in [1.165, 1.54) is 18.2 Å². The first-order valence-corrected chi connectivity index (χ1v) is 6.59. The molecule has 5 heteroatoms. The molecule has 2 rings (SSSR count). The van der Waals surface area contributed by atoms with E-state index >= 15 is 0 Å². The Kier molecular flexibility index (Phi) is 3.95. The van der Waals surface area contributed by atoms with Crippen molar-refractivity contribution in [2.45, 2.75) is 38.3 Å². The second-order valence-electron chi connectivity index (χ2n) is 5.12. The van der Waals surface area contributed by atoms with Crippen LogP contribution in [0.25, 0.3) is 0 Å². The Morgan fingerprint density at radius 2 is 2.16 bits per heavy atom. The number of amides is 1. The number of nitrogens with zero attached hydrogens (tertiary/aromatic N) is 1. The Bertz CT molecular complexity index is 474. The lowest BCUT2D eigenvalue weighted by Crippen LogP contribution is -2.51. The van der Waals surface area contributed by atoms with Crippen LogP contribution in [0.15, 0.2) is 18.2 Å². The molecular weight excluding hydrogens is 244 g/mol. The molecule has 1 aliphatic heterocycles. The van der Waals surface area contributed by atoms with Crippen LogP contribution in [-0.2, 0) is 0 Å². The number of hydrogen-bond acceptors (Lipinski definition) is 4. The monoisotopic (exact) mass is 264 g/mol. The molecule has 104 valence electrons. The van der Waals surface area contributed by atoms with Gasteiger partial charge < -0.3 is 20.8 Å². The van der Waals surface area contributed by atoms with Crippen LogP contribution in [0.2, 0.25) is 0 Å². The molecule has 5 nitrogen and oxygen atoms in total. The van der Waals surface area contributed by atoms with Gasteiger partial charge in [-0.05, 0) is 44.4 Å². The highest BCUT2D eigenvalue weighted by Gasteiger charge is 2.31. The maximum atomic E-state index is 12.5. The normalized spacial score (nSPS) is 21.2. The third-order valence-electron chi connectivity index (χ3n) is 3.63. The van der Waals surface area contributed by atoms with Gasteiger partial charge in [0, 0.05) is 18.6 Å². The molecule has 2 atom stereocenters. The molecule has 1 aliphatic rings. The summed E-state index contributed by atoms with van der Waals surface area (Å²) in [6.07, 6.45) is 2.87. The van der Waals surface area contributed by atoms with E-state index in [0.717, 1.165) is 19.3 Å². The molecule has 1 heterocycles. The molecule has 0 aromatic heterocycles. The molecule has 1 fully saturated rings. The highest BCUT2D eigenvalue weighted by molar-refractivity contribution is 5.97. The van der Waals surface area contributed by atoms with Gasteiger partial charge in [0.15, 0.2) is 0 Å². The number of phenols is 2. The van der Waals surface area contributed by atoms with Gasteiger partial charge in [0.05, 0.1) is 5.56 Å². The summed E-state index contributed by atoms with van der Waals surface area (Å²) in [4.78, 5) is 14.2. The number of likely N-dealkylation sites (tertiary alicyclic amines) is 1. The highest BCUT2D eigenvalue weighted by atomic mass is 16.3. The van der Waals surface area contributed by atoms with Gasteiger partial charge >= 0.3 is 0 Å². The van der Waals surface area contributed by atoms with E-state index in [-0.39, 0.29) is 35.1 Å². The molecule has 1 aromatic carbocycles. The van der Waals surface area contributed by atoms with E-state index in [2.05, 4.69) is 0 Å². The van der Waals surface area contributed by atoms with Crippen LogP contribution >= 0.6 is 0 Å². The zero-order valence-electron chi connectivity index (χ0n) is 11.0. The minimum Gasteiger partial charge on any atom is -0.508 e. The van der Waals surface area contributed by atoms with Crippen LogP contribution < -0.4 is 5.73 Å². The second-order valence-corrected chi connectivity index (χ2v) is 5.12. The predicted octanol–water partition coefficient (Wildman–Crippen LogP) is 1.44. The van der Waals surface area contributed by atoms with E-state index in [1.807, 2.05) is 6.92 Å². The molecular formula is C14H20N2O3.